The monoisotopic (exact) mass is 301 g/mol. The van der Waals surface area contributed by atoms with Crippen molar-refractivity contribution in [2.24, 2.45) is 0 Å². The van der Waals surface area contributed by atoms with E-state index in [4.69, 9.17) is 21.6 Å². The largest absolute Gasteiger partial charge is 0.494 e. The van der Waals surface area contributed by atoms with E-state index in [2.05, 4.69) is 4.98 Å². The van der Waals surface area contributed by atoms with E-state index in [1.807, 2.05) is 48.3 Å². The molecule has 0 saturated heterocycles. The van der Waals surface area contributed by atoms with Gasteiger partial charge in [-0.25, -0.2) is 4.98 Å². The van der Waals surface area contributed by atoms with Crippen LogP contribution in [-0.4, -0.2) is 25.2 Å². The Morgan fingerprint density at radius 1 is 1.24 bits per heavy atom. The van der Waals surface area contributed by atoms with Crippen molar-refractivity contribution in [2.75, 3.05) is 25.1 Å². The fraction of sp³-hybridized carbons (Fsp3) is 0.250. The predicted octanol–water partition coefficient (Wildman–Crippen LogP) is 3.51. The molecule has 1 heterocycles. The van der Waals surface area contributed by atoms with Crippen molar-refractivity contribution < 1.29 is 4.74 Å². The van der Waals surface area contributed by atoms with Crippen molar-refractivity contribution in [1.82, 2.24) is 4.98 Å². The molecule has 0 radical (unpaired) electrons. The van der Waals surface area contributed by atoms with Crippen LogP contribution < -0.4 is 9.64 Å². The second-order valence-electron chi connectivity index (χ2n) is 4.55. The van der Waals surface area contributed by atoms with E-state index in [1.54, 1.807) is 12.1 Å². The zero-order chi connectivity index (χ0) is 15.1. The Kier molecular flexibility index (Phi) is 5.42. The van der Waals surface area contributed by atoms with E-state index in [0.29, 0.717) is 11.6 Å². The van der Waals surface area contributed by atoms with Crippen LogP contribution in [0.2, 0.25) is 5.02 Å². The molecule has 0 amide bonds. The maximum Gasteiger partial charge on any atom is 0.161 e. The molecule has 1 aromatic carbocycles. The van der Waals surface area contributed by atoms with Gasteiger partial charge in [-0.2, -0.15) is 5.26 Å². The van der Waals surface area contributed by atoms with Gasteiger partial charge in [-0.05, 0) is 30.7 Å². The van der Waals surface area contributed by atoms with Crippen LogP contribution in [-0.2, 0) is 0 Å². The van der Waals surface area contributed by atoms with Gasteiger partial charge in [0.2, 0.25) is 0 Å². The van der Waals surface area contributed by atoms with Crippen molar-refractivity contribution in [3.05, 3.63) is 53.2 Å². The summed E-state index contributed by atoms with van der Waals surface area (Å²) >= 11 is 5.87. The van der Waals surface area contributed by atoms with Gasteiger partial charge in [0.25, 0.3) is 0 Å². The zero-order valence-electron chi connectivity index (χ0n) is 11.8. The van der Waals surface area contributed by atoms with Crippen LogP contribution in [0, 0.1) is 11.3 Å². The summed E-state index contributed by atoms with van der Waals surface area (Å²) in [5.74, 6) is 1.60. The highest BCUT2D eigenvalue weighted by atomic mass is 35.5. The molecule has 108 valence electrons. The summed E-state index contributed by atoms with van der Waals surface area (Å²) in [5, 5.41) is 9.31. The Labute approximate surface area is 129 Å². The van der Waals surface area contributed by atoms with Crippen LogP contribution in [0.3, 0.4) is 0 Å². The maximum atomic E-state index is 8.93. The molecular weight excluding hydrogens is 286 g/mol. The van der Waals surface area contributed by atoms with E-state index in [-0.39, 0.29) is 5.69 Å². The summed E-state index contributed by atoms with van der Waals surface area (Å²) in [7, 11) is 1.93. The van der Waals surface area contributed by atoms with E-state index in [9.17, 15) is 0 Å². The lowest BCUT2D eigenvalue weighted by atomic mass is 10.3. The molecule has 0 N–H and O–H groups in total. The second kappa shape index (κ2) is 7.51. The summed E-state index contributed by atoms with van der Waals surface area (Å²) in [6, 6.07) is 15.2. The molecular formula is C16H16ClN3O. The Morgan fingerprint density at radius 2 is 2.00 bits per heavy atom. The lowest BCUT2D eigenvalue weighted by Crippen LogP contribution is -2.21. The summed E-state index contributed by atoms with van der Waals surface area (Å²) in [6.07, 6.45) is 0.859. The molecule has 0 aliphatic carbocycles. The topological polar surface area (TPSA) is 49.1 Å². The van der Waals surface area contributed by atoms with E-state index >= 15 is 0 Å². The smallest absolute Gasteiger partial charge is 0.161 e. The number of rotatable bonds is 6. The molecule has 21 heavy (non-hydrogen) atoms. The van der Waals surface area contributed by atoms with Crippen LogP contribution in [0.4, 0.5) is 5.82 Å². The number of hydrogen-bond acceptors (Lipinski definition) is 4. The lowest BCUT2D eigenvalue weighted by Gasteiger charge is -2.18. The van der Waals surface area contributed by atoms with Crippen molar-refractivity contribution in [1.29, 1.82) is 5.26 Å². The highest BCUT2D eigenvalue weighted by molar-refractivity contribution is 6.31. The van der Waals surface area contributed by atoms with Crippen LogP contribution in [0.25, 0.3) is 0 Å². The number of hydrogen-bond donors (Lipinski definition) is 0. The SMILES string of the molecule is CN(CCCOc1ccccc1)c1ccc(Cl)c(C#N)n1. The minimum absolute atomic E-state index is 0.251. The molecule has 0 aliphatic rings. The number of para-hydroxylation sites is 1. The standard InChI is InChI=1S/C16H16ClN3O/c1-20(16-9-8-14(17)15(12-18)19-16)10-5-11-21-13-6-3-2-4-7-13/h2-4,6-9H,5,10-11H2,1H3. The van der Waals surface area contributed by atoms with Gasteiger partial charge >= 0.3 is 0 Å². The molecule has 0 spiro atoms. The van der Waals surface area contributed by atoms with Gasteiger partial charge in [-0.3, -0.25) is 0 Å². The third-order valence-electron chi connectivity index (χ3n) is 2.98. The molecule has 4 nitrogen and oxygen atoms in total. The molecule has 2 aromatic rings. The molecule has 0 atom stereocenters. The van der Waals surface area contributed by atoms with Gasteiger partial charge in [0.05, 0.1) is 11.6 Å². The fourth-order valence-corrected chi connectivity index (χ4v) is 1.99. The first-order valence-electron chi connectivity index (χ1n) is 6.66. The summed E-state index contributed by atoms with van der Waals surface area (Å²) < 4.78 is 5.64. The van der Waals surface area contributed by atoms with Gasteiger partial charge in [0.1, 0.15) is 17.6 Å². The highest BCUT2D eigenvalue weighted by Gasteiger charge is 2.07. The molecule has 0 unspecified atom stereocenters. The number of pyridine rings is 1. The van der Waals surface area contributed by atoms with Crippen LogP contribution in [0.1, 0.15) is 12.1 Å². The van der Waals surface area contributed by atoms with Crippen molar-refractivity contribution in [2.45, 2.75) is 6.42 Å². The number of nitriles is 1. The van der Waals surface area contributed by atoms with Crippen molar-refractivity contribution in [3.63, 3.8) is 0 Å². The third kappa shape index (κ3) is 4.37. The fourth-order valence-electron chi connectivity index (χ4n) is 1.85. The molecule has 0 saturated carbocycles. The third-order valence-corrected chi connectivity index (χ3v) is 3.28. The van der Waals surface area contributed by atoms with Gasteiger partial charge in [-0.1, -0.05) is 29.8 Å². The summed E-state index contributed by atoms with van der Waals surface area (Å²) in [6.45, 7) is 1.42. The maximum absolute atomic E-state index is 8.93. The highest BCUT2D eigenvalue weighted by Crippen LogP contribution is 2.18. The van der Waals surface area contributed by atoms with Crippen molar-refractivity contribution >= 4 is 17.4 Å². The zero-order valence-corrected chi connectivity index (χ0v) is 12.5. The average Bonchev–Trinajstić information content (AvgIpc) is 2.53. The predicted molar refractivity (Wildman–Crippen MR) is 83.8 cm³/mol. The molecule has 0 fully saturated rings. The van der Waals surface area contributed by atoms with Crippen LogP contribution in [0.5, 0.6) is 5.75 Å². The number of ether oxygens (including phenoxy) is 1. The Morgan fingerprint density at radius 3 is 2.71 bits per heavy atom. The van der Waals surface area contributed by atoms with Gasteiger partial charge in [-0.15, -0.1) is 0 Å². The Bertz CT molecular complexity index is 625. The number of aromatic nitrogens is 1. The summed E-state index contributed by atoms with van der Waals surface area (Å²) in [4.78, 5) is 6.20. The van der Waals surface area contributed by atoms with Gasteiger partial charge in [0.15, 0.2) is 5.69 Å². The molecule has 0 bridgehead atoms. The molecule has 2 rings (SSSR count). The molecule has 0 aliphatic heterocycles. The minimum Gasteiger partial charge on any atom is -0.494 e. The van der Waals surface area contributed by atoms with Gasteiger partial charge in [0, 0.05) is 13.6 Å². The molecule has 1 aromatic heterocycles. The first-order valence-corrected chi connectivity index (χ1v) is 7.04. The quantitative estimate of drug-likeness (QED) is 0.766. The number of halogens is 1. The Balaban J connectivity index is 1.82. The minimum atomic E-state index is 0.251. The first-order chi connectivity index (χ1) is 10.2. The Hall–Kier alpha value is -2.25. The lowest BCUT2D eigenvalue weighted by molar-refractivity contribution is 0.312. The average molecular weight is 302 g/mol. The second-order valence-corrected chi connectivity index (χ2v) is 4.96. The van der Waals surface area contributed by atoms with E-state index in [0.717, 1.165) is 24.5 Å². The van der Waals surface area contributed by atoms with Crippen LogP contribution >= 0.6 is 11.6 Å². The summed E-state index contributed by atoms with van der Waals surface area (Å²) in [5.41, 5.74) is 0.251. The van der Waals surface area contributed by atoms with Gasteiger partial charge < -0.3 is 9.64 Å². The number of nitrogens with zero attached hydrogens (tertiary/aromatic N) is 3. The van der Waals surface area contributed by atoms with Crippen molar-refractivity contribution in [3.8, 4) is 11.8 Å². The number of anilines is 1. The van der Waals surface area contributed by atoms with E-state index < -0.39 is 0 Å². The molecule has 5 heteroatoms. The number of benzene rings is 1. The normalized spacial score (nSPS) is 9.95. The van der Waals surface area contributed by atoms with Crippen LogP contribution in [0.15, 0.2) is 42.5 Å². The first kappa shape index (κ1) is 15.1. The van der Waals surface area contributed by atoms with E-state index in [1.165, 1.54) is 0 Å².